The molecule has 4 saturated heterocycles. The summed E-state index contributed by atoms with van der Waals surface area (Å²) in [6.07, 6.45) is 5.23. The van der Waals surface area contributed by atoms with E-state index < -0.39 is 54.2 Å². The number of nitrogens with zero attached hydrogens (tertiary/aromatic N) is 8. The first-order chi connectivity index (χ1) is 37.7. The number of aromatic nitrogens is 3. The molecular formula is C58H75F3N10O7S. The van der Waals surface area contributed by atoms with Gasteiger partial charge in [0.15, 0.2) is 0 Å². The number of methoxy groups -OCH3 is 1. The second kappa shape index (κ2) is 21.8. The van der Waals surface area contributed by atoms with E-state index in [1.807, 2.05) is 30.2 Å². The molecule has 4 aromatic rings. The fraction of sp³-hybridized carbons (Fsp3) is 0.638. The predicted molar refractivity (Wildman–Crippen MR) is 291 cm³/mol. The van der Waals surface area contributed by atoms with Gasteiger partial charge in [0.1, 0.15) is 24.7 Å². The number of hydrogen-bond donors (Lipinski definition) is 2. The Balaban J connectivity index is 0.895. The van der Waals surface area contributed by atoms with Crippen molar-refractivity contribution in [2.45, 2.75) is 147 Å². The first kappa shape index (κ1) is 55.4. The minimum Gasteiger partial charge on any atom is -0.464 e. The Kier molecular flexibility index (Phi) is 15.3. The van der Waals surface area contributed by atoms with Gasteiger partial charge in [-0.25, -0.2) is 10.4 Å². The largest absolute Gasteiger partial charge is 0.464 e. The van der Waals surface area contributed by atoms with Crippen LogP contribution in [0.3, 0.4) is 0 Å². The lowest BCUT2D eigenvalue weighted by molar-refractivity contribution is -0.155. The van der Waals surface area contributed by atoms with Gasteiger partial charge in [0.25, 0.3) is 5.91 Å². The number of likely N-dealkylation sites (tertiary alicyclic amines) is 2. The zero-order valence-corrected chi connectivity index (χ0v) is 47.1. The van der Waals surface area contributed by atoms with Crippen molar-refractivity contribution in [3.8, 4) is 22.5 Å². The Bertz CT molecular complexity index is 2990. The molecule has 2 aliphatic carbocycles. The molecule has 17 nitrogen and oxygen atoms in total. The van der Waals surface area contributed by atoms with Crippen LogP contribution in [0, 0.1) is 22.7 Å². The van der Waals surface area contributed by atoms with Crippen molar-refractivity contribution in [3.05, 3.63) is 58.2 Å². The monoisotopic (exact) mass is 1110 g/mol. The minimum atomic E-state index is -4.58. The molecule has 0 radical (unpaired) electrons. The number of carbonyl (C=O) groups excluding carboxylic acids is 5. The molecular weight excluding hydrogens is 1040 g/mol. The molecule has 1 spiro atoms. The highest BCUT2D eigenvalue weighted by Crippen LogP contribution is 2.50. The van der Waals surface area contributed by atoms with E-state index in [0.717, 1.165) is 51.4 Å². The van der Waals surface area contributed by atoms with Gasteiger partial charge in [-0.2, -0.15) is 13.2 Å². The van der Waals surface area contributed by atoms with Gasteiger partial charge in [-0.3, -0.25) is 43.8 Å². The topological polar surface area (TPSA) is 175 Å². The van der Waals surface area contributed by atoms with E-state index in [2.05, 4.69) is 25.5 Å². The van der Waals surface area contributed by atoms with Crippen LogP contribution in [0.25, 0.3) is 33.4 Å². The number of nitrogens with one attached hydrogen (secondary N) is 2. The summed E-state index contributed by atoms with van der Waals surface area (Å²) >= 11 is 1.34. The summed E-state index contributed by atoms with van der Waals surface area (Å²) in [5.41, 5.74) is 5.75. The van der Waals surface area contributed by atoms with Crippen LogP contribution in [-0.4, -0.2) is 172 Å². The number of thiazole rings is 1. The molecule has 6 fully saturated rings. The number of hydrazine groups is 1. The third kappa shape index (κ3) is 11.4. The molecule has 3 unspecified atom stereocenters. The van der Waals surface area contributed by atoms with Gasteiger partial charge in [0.05, 0.1) is 47.4 Å². The lowest BCUT2D eigenvalue weighted by Gasteiger charge is -2.37. The van der Waals surface area contributed by atoms with Gasteiger partial charge in [0, 0.05) is 104 Å². The maximum absolute atomic E-state index is 15.2. The number of halogens is 3. The number of ether oxygens (including phenoxy) is 2. The SMILES string of the molecule is CO[C@@H](C)c1ncccc1-c1c2c3cc(ccc3n1CC(F)(F)F)-c1csc(n1)C[C@H](NC(=O)C(C1CCCC1)N1CC[C@]3(CCN(C(=O)[C@H]4C(C5CC5)N4CC(=O)N(C)C)C3)C1)C(=O)N1CCC[C@H](N1)C(=O)OCC(C)(C)C2. The summed E-state index contributed by atoms with van der Waals surface area (Å²) in [6, 6.07) is 6.23. The number of carbonyl (C=O) groups is 5. The van der Waals surface area contributed by atoms with Gasteiger partial charge in [-0.15, -0.1) is 11.3 Å². The number of esters is 1. The molecule has 1 aromatic carbocycles. The number of rotatable bonds is 12. The number of cyclic esters (lactones) is 1. The first-order valence-corrected chi connectivity index (χ1v) is 29.3. The average Bonchev–Trinajstić information content (AvgIpc) is 4.15. The molecule has 3 aromatic heterocycles. The molecule has 8 atom stereocenters. The summed E-state index contributed by atoms with van der Waals surface area (Å²) in [5.74, 6) is -0.555. The number of fused-ring (bicyclic) bond motifs is 6. The number of amides is 4. The van der Waals surface area contributed by atoms with Crippen LogP contribution >= 0.6 is 11.3 Å². The van der Waals surface area contributed by atoms with Crippen LogP contribution < -0.4 is 10.7 Å². The molecule has 2 saturated carbocycles. The molecule has 5 aliphatic heterocycles. The van der Waals surface area contributed by atoms with E-state index in [1.165, 1.54) is 28.0 Å². The van der Waals surface area contributed by atoms with Crippen LogP contribution in [0.5, 0.6) is 0 Å². The second-order valence-electron chi connectivity index (χ2n) is 24.7. The normalized spacial score (nSPS) is 27.5. The lowest BCUT2D eigenvalue weighted by atomic mass is 9.84. The quantitative estimate of drug-likeness (QED) is 0.113. The van der Waals surface area contributed by atoms with Crippen molar-refractivity contribution in [3.63, 3.8) is 0 Å². The Morgan fingerprint density at radius 2 is 1.78 bits per heavy atom. The third-order valence-electron chi connectivity index (χ3n) is 18.1. The summed E-state index contributed by atoms with van der Waals surface area (Å²) < 4.78 is 57.4. The van der Waals surface area contributed by atoms with Gasteiger partial charge in [-0.1, -0.05) is 32.8 Å². The second-order valence-corrected chi connectivity index (χ2v) is 25.6. The summed E-state index contributed by atoms with van der Waals surface area (Å²) in [7, 11) is 5.02. The Hall–Kier alpha value is -5.48. The Labute approximate surface area is 463 Å². The summed E-state index contributed by atoms with van der Waals surface area (Å²) in [6.45, 7) is 7.42. The van der Waals surface area contributed by atoms with Gasteiger partial charge in [0.2, 0.25) is 17.7 Å². The van der Waals surface area contributed by atoms with E-state index in [-0.39, 0.29) is 67.1 Å². The number of benzene rings is 1. The van der Waals surface area contributed by atoms with E-state index in [0.29, 0.717) is 101 Å². The van der Waals surface area contributed by atoms with Crippen molar-refractivity contribution in [2.75, 3.05) is 67.1 Å². The lowest BCUT2D eigenvalue weighted by Crippen LogP contribution is -2.62. The molecule has 6 bridgehead atoms. The maximum Gasteiger partial charge on any atom is 0.406 e. The van der Waals surface area contributed by atoms with Crippen molar-refractivity contribution in [2.24, 2.45) is 22.7 Å². The fourth-order valence-corrected chi connectivity index (χ4v) is 14.5. The number of hydrogen-bond acceptors (Lipinski definition) is 13. The standard InChI is InChI=1S/C58H75F3N10O7S/c1-34(77-6)47-38(13-9-21-62-47)50-40-27-56(2,3)33-78-55(76)41-14-10-22-71(65-41)53(74)42(26-45-63-43(29-79-45)37-17-18-44(39(40)25-37)70(50)32-58(59,60)61)64-52(73)49(35-11-7-8-12-35)67-23-19-57(30-67)20-24-68(31-57)54(75)51-48(36-15-16-36)69(51)28-46(72)66(4)5/h9,13,17-18,21,25,29,34-36,41-42,48-49,51,65H,7-8,10-12,14-16,19-20,22-24,26-28,30-33H2,1-6H3,(H,64,73)/t34-,41-,42-,48?,49?,51+,57-,69?/m0/s1. The molecule has 21 heteroatoms. The smallest absolute Gasteiger partial charge is 0.406 e. The van der Waals surface area contributed by atoms with E-state index in [1.54, 1.807) is 56.4 Å². The number of alkyl halides is 3. The van der Waals surface area contributed by atoms with Crippen LogP contribution in [0.1, 0.15) is 107 Å². The van der Waals surface area contributed by atoms with Crippen LogP contribution in [-0.2, 0) is 52.8 Å². The molecule has 4 amide bonds. The molecule has 11 rings (SSSR count). The molecule has 79 heavy (non-hydrogen) atoms. The van der Waals surface area contributed by atoms with Gasteiger partial charge in [-0.05, 0) is 113 Å². The summed E-state index contributed by atoms with van der Waals surface area (Å²) in [4.78, 5) is 89.0. The molecule has 2 N–H and O–H groups in total. The maximum atomic E-state index is 15.2. The average molecular weight is 1110 g/mol. The third-order valence-corrected chi connectivity index (χ3v) is 18.9. The summed E-state index contributed by atoms with van der Waals surface area (Å²) in [5, 5.41) is 7.73. The predicted octanol–water partition coefficient (Wildman–Crippen LogP) is 6.78. The Morgan fingerprint density at radius 1 is 1.01 bits per heavy atom. The van der Waals surface area contributed by atoms with E-state index in [4.69, 9.17) is 14.5 Å². The number of likely N-dealkylation sites (N-methyl/N-ethyl adjacent to an activating group) is 1. The van der Waals surface area contributed by atoms with Crippen LogP contribution in [0.4, 0.5) is 13.2 Å². The zero-order valence-electron chi connectivity index (χ0n) is 46.3. The van der Waals surface area contributed by atoms with E-state index >= 15 is 9.59 Å². The highest BCUT2D eigenvalue weighted by atomic mass is 32.1. The van der Waals surface area contributed by atoms with Crippen LogP contribution in [0.15, 0.2) is 41.9 Å². The van der Waals surface area contributed by atoms with E-state index in [9.17, 15) is 27.6 Å². The molecule has 7 aliphatic rings. The van der Waals surface area contributed by atoms with Crippen LogP contribution in [0.2, 0.25) is 0 Å². The van der Waals surface area contributed by atoms with Crippen molar-refractivity contribution in [1.82, 2.24) is 49.9 Å². The minimum absolute atomic E-state index is 0.00237. The number of pyridine rings is 1. The van der Waals surface area contributed by atoms with Crippen molar-refractivity contribution in [1.29, 1.82) is 0 Å². The first-order valence-electron chi connectivity index (χ1n) is 28.4. The van der Waals surface area contributed by atoms with Gasteiger partial charge < -0.3 is 29.2 Å². The van der Waals surface area contributed by atoms with Crippen molar-refractivity contribution < 1.29 is 46.6 Å². The highest BCUT2D eigenvalue weighted by Gasteiger charge is 2.61. The Morgan fingerprint density at radius 3 is 2.52 bits per heavy atom. The zero-order chi connectivity index (χ0) is 55.7. The van der Waals surface area contributed by atoms with Gasteiger partial charge >= 0.3 is 12.1 Å². The fourth-order valence-electron chi connectivity index (χ4n) is 13.7. The molecule has 426 valence electrons. The van der Waals surface area contributed by atoms with Crippen molar-refractivity contribution >= 4 is 51.8 Å². The molecule has 8 heterocycles. The highest BCUT2D eigenvalue weighted by molar-refractivity contribution is 7.10.